The molecule has 0 saturated heterocycles. The molecule has 6 aliphatic carbocycles. The number of carbonyl (C=O) groups is 3. The average Bonchev–Trinajstić information content (AvgIpc) is 3.55. The third kappa shape index (κ3) is 6.53. The van der Waals surface area contributed by atoms with E-state index in [1.165, 1.54) is 31.3 Å². The summed E-state index contributed by atoms with van der Waals surface area (Å²) in [6.45, 7) is 21.8. The van der Waals surface area contributed by atoms with Crippen molar-refractivity contribution >= 4 is 17.8 Å². The van der Waals surface area contributed by atoms with Crippen molar-refractivity contribution in [3.63, 3.8) is 0 Å². The standard InChI is InChI=1S/C48H72N2O5/c1-29(2)35-18-24-48(43(55)49-27-21-31-10-9-11-34(28-31)41(52)50-30(3)32-12-14-33(15-13-32)42(53)54)26-25-46(7)36(40(35)48)16-17-38-45(6)22-20-39(51)44(4,5)37(45)19-23-47(38,46)8/h9-11,28,30,32-33,35-40,51H,1,12-27H2,2-8H3,(H,49,55)(H,50,52)(H,53,54)/t30-,32?,33?,35+,36?,37?,38?,39+,40?,45+,46-,47-,48+/m1/s1. The third-order valence-corrected chi connectivity index (χ3v) is 18.6. The predicted octanol–water partition coefficient (Wildman–Crippen LogP) is 9.37. The number of nitrogens with one attached hydrogen (secondary N) is 2. The van der Waals surface area contributed by atoms with Gasteiger partial charge in [0.05, 0.1) is 17.4 Å². The Morgan fingerprint density at radius 1 is 0.855 bits per heavy atom. The summed E-state index contributed by atoms with van der Waals surface area (Å²) >= 11 is 0. The first-order chi connectivity index (χ1) is 25.9. The summed E-state index contributed by atoms with van der Waals surface area (Å²) < 4.78 is 0. The molecule has 1 aromatic rings. The van der Waals surface area contributed by atoms with Gasteiger partial charge in [-0.05, 0) is 185 Å². The van der Waals surface area contributed by atoms with E-state index in [9.17, 15) is 24.6 Å². The average molecular weight is 757 g/mol. The monoisotopic (exact) mass is 757 g/mol. The van der Waals surface area contributed by atoms with Crippen LogP contribution < -0.4 is 10.6 Å². The topological polar surface area (TPSA) is 116 Å². The molecule has 6 fully saturated rings. The first-order valence-corrected chi connectivity index (χ1v) is 22.1. The highest BCUT2D eigenvalue weighted by molar-refractivity contribution is 5.94. The lowest BCUT2D eigenvalue weighted by molar-refractivity contribution is -0.246. The quantitative estimate of drug-likeness (QED) is 0.188. The Hall–Kier alpha value is -2.67. The first kappa shape index (κ1) is 40.5. The Bertz CT molecular complexity index is 1660. The third-order valence-electron chi connectivity index (χ3n) is 18.6. The number of amides is 2. The number of carbonyl (C=O) groups excluding carboxylic acids is 2. The number of hydrogen-bond donors (Lipinski definition) is 4. The van der Waals surface area contributed by atoms with Crippen LogP contribution in [0.5, 0.6) is 0 Å². The molecule has 304 valence electrons. The zero-order valence-electron chi connectivity index (χ0n) is 35.1. The summed E-state index contributed by atoms with van der Waals surface area (Å²) in [4.78, 5) is 39.4. The van der Waals surface area contributed by atoms with E-state index in [4.69, 9.17) is 0 Å². The van der Waals surface area contributed by atoms with Gasteiger partial charge in [-0.15, -0.1) is 0 Å². The first-order valence-electron chi connectivity index (χ1n) is 22.1. The molecule has 0 heterocycles. The lowest BCUT2D eigenvalue weighted by Gasteiger charge is -2.72. The van der Waals surface area contributed by atoms with E-state index in [1.807, 2.05) is 31.2 Å². The second-order valence-electron chi connectivity index (χ2n) is 21.1. The number of rotatable bonds is 9. The lowest BCUT2D eigenvalue weighted by atomic mass is 9.32. The van der Waals surface area contributed by atoms with Crippen molar-refractivity contribution in [1.29, 1.82) is 0 Å². The van der Waals surface area contributed by atoms with Crippen LogP contribution >= 0.6 is 0 Å². The Morgan fingerprint density at radius 3 is 2.27 bits per heavy atom. The van der Waals surface area contributed by atoms with Crippen LogP contribution in [0.15, 0.2) is 36.4 Å². The largest absolute Gasteiger partial charge is 0.481 e. The number of aliphatic hydroxyl groups excluding tert-OH is 1. The number of benzene rings is 1. The fourth-order valence-electron chi connectivity index (χ4n) is 15.2. The molecule has 1 aromatic carbocycles. The van der Waals surface area contributed by atoms with Gasteiger partial charge >= 0.3 is 5.97 Å². The highest BCUT2D eigenvalue weighted by Crippen LogP contribution is 2.77. The van der Waals surface area contributed by atoms with E-state index in [-0.39, 0.29) is 62.9 Å². The number of allylic oxidation sites excluding steroid dienone is 1. The van der Waals surface area contributed by atoms with Crippen LogP contribution in [0.4, 0.5) is 0 Å². The molecule has 6 saturated carbocycles. The number of aliphatic hydroxyl groups is 1. The summed E-state index contributed by atoms with van der Waals surface area (Å²) in [7, 11) is 0. The number of aliphatic carboxylic acids is 1. The Kier molecular flexibility index (Phi) is 10.8. The maximum absolute atomic E-state index is 14.7. The minimum Gasteiger partial charge on any atom is -0.481 e. The number of fused-ring (bicyclic) bond motifs is 7. The van der Waals surface area contributed by atoms with E-state index in [0.717, 1.165) is 56.9 Å². The van der Waals surface area contributed by atoms with Crippen LogP contribution in [0.2, 0.25) is 0 Å². The molecule has 4 N–H and O–H groups in total. The fraction of sp³-hybridized carbons (Fsp3) is 0.771. The number of carboxylic acid groups (broad SMARTS) is 1. The minimum atomic E-state index is -0.709. The molecule has 0 bridgehead atoms. The molecular weight excluding hydrogens is 685 g/mol. The molecular formula is C48H72N2O5. The maximum atomic E-state index is 14.7. The van der Waals surface area contributed by atoms with E-state index in [2.05, 4.69) is 58.8 Å². The SMILES string of the molecule is C=C(C)[C@@H]1CC[C@]2(C(=O)NCCc3cccc(C(=O)N[C@H](C)C4CCC(C(=O)O)CC4)c3)CC[C@]3(C)C(CCC4[C@@]5(C)CC[C@H](O)C(C)(C)C5CC[C@]43C)C12. The minimum absolute atomic E-state index is 0.0200. The molecule has 55 heavy (non-hydrogen) atoms. The van der Waals surface area contributed by atoms with Gasteiger partial charge in [0, 0.05) is 18.2 Å². The summed E-state index contributed by atoms with van der Waals surface area (Å²) in [5.74, 6) is 1.80. The van der Waals surface area contributed by atoms with Gasteiger partial charge in [-0.2, -0.15) is 0 Å². The maximum Gasteiger partial charge on any atom is 0.306 e. The summed E-state index contributed by atoms with van der Waals surface area (Å²) in [6.07, 6.45) is 14.3. The van der Waals surface area contributed by atoms with Crippen molar-refractivity contribution in [1.82, 2.24) is 10.6 Å². The van der Waals surface area contributed by atoms with Gasteiger partial charge in [-0.1, -0.05) is 58.9 Å². The van der Waals surface area contributed by atoms with Gasteiger partial charge in [0.25, 0.3) is 5.91 Å². The summed E-state index contributed by atoms with van der Waals surface area (Å²) in [6, 6.07) is 7.76. The highest BCUT2D eigenvalue weighted by atomic mass is 16.4. The summed E-state index contributed by atoms with van der Waals surface area (Å²) in [5.41, 5.74) is 3.08. The molecule has 0 radical (unpaired) electrons. The van der Waals surface area contributed by atoms with Gasteiger partial charge in [0.1, 0.15) is 0 Å². The molecule has 0 spiro atoms. The molecule has 0 aliphatic heterocycles. The number of carboxylic acids is 1. The Balaban J connectivity index is 1.02. The van der Waals surface area contributed by atoms with Crippen molar-refractivity contribution in [2.45, 2.75) is 157 Å². The van der Waals surface area contributed by atoms with Crippen LogP contribution in [-0.2, 0) is 16.0 Å². The second kappa shape index (κ2) is 14.6. The molecule has 6 aliphatic rings. The van der Waals surface area contributed by atoms with Crippen LogP contribution in [0.1, 0.15) is 154 Å². The van der Waals surface area contributed by atoms with E-state index in [0.29, 0.717) is 61.0 Å². The lowest BCUT2D eigenvalue weighted by Crippen LogP contribution is -2.67. The van der Waals surface area contributed by atoms with Crippen LogP contribution in [0.25, 0.3) is 0 Å². The van der Waals surface area contributed by atoms with Gasteiger partial charge in [-0.25, -0.2) is 0 Å². The zero-order valence-corrected chi connectivity index (χ0v) is 35.1. The zero-order chi connectivity index (χ0) is 39.7. The summed E-state index contributed by atoms with van der Waals surface area (Å²) in [5, 5.41) is 27.1. The molecule has 4 unspecified atom stereocenters. The van der Waals surface area contributed by atoms with E-state index < -0.39 is 5.97 Å². The van der Waals surface area contributed by atoms with Gasteiger partial charge in [0.15, 0.2) is 0 Å². The van der Waals surface area contributed by atoms with Gasteiger partial charge in [-0.3, -0.25) is 14.4 Å². The smallest absolute Gasteiger partial charge is 0.306 e. The number of hydrogen-bond acceptors (Lipinski definition) is 4. The van der Waals surface area contributed by atoms with Crippen molar-refractivity contribution in [3.05, 3.63) is 47.5 Å². The normalized spacial score (nSPS) is 42.4. The van der Waals surface area contributed by atoms with Crippen molar-refractivity contribution in [3.8, 4) is 0 Å². The molecule has 7 nitrogen and oxygen atoms in total. The molecule has 0 aromatic heterocycles. The molecule has 11 atom stereocenters. The van der Waals surface area contributed by atoms with E-state index in [1.54, 1.807) is 0 Å². The highest BCUT2D eigenvalue weighted by Gasteiger charge is 2.71. The van der Waals surface area contributed by atoms with Crippen LogP contribution in [0, 0.1) is 68.5 Å². The predicted molar refractivity (Wildman–Crippen MR) is 218 cm³/mol. The van der Waals surface area contributed by atoms with Crippen LogP contribution in [-0.4, -0.2) is 46.7 Å². The van der Waals surface area contributed by atoms with Gasteiger partial charge in [0.2, 0.25) is 5.91 Å². The van der Waals surface area contributed by atoms with Crippen molar-refractivity contribution < 1.29 is 24.6 Å². The molecule has 2 amide bonds. The molecule has 7 heteroatoms. The Morgan fingerprint density at radius 2 is 1.58 bits per heavy atom. The van der Waals surface area contributed by atoms with Crippen LogP contribution in [0.3, 0.4) is 0 Å². The fourth-order valence-corrected chi connectivity index (χ4v) is 15.2. The molecule has 7 rings (SSSR count). The van der Waals surface area contributed by atoms with Gasteiger partial charge < -0.3 is 20.8 Å². The second-order valence-corrected chi connectivity index (χ2v) is 21.1. The van der Waals surface area contributed by atoms with Crippen molar-refractivity contribution in [2.75, 3.05) is 6.54 Å². The van der Waals surface area contributed by atoms with Crippen molar-refractivity contribution in [2.24, 2.45) is 68.5 Å². The Labute approximate surface area is 331 Å². The van der Waals surface area contributed by atoms with E-state index >= 15 is 0 Å².